The molecule has 22 heavy (non-hydrogen) atoms. The Morgan fingerprint density at radius 2 is 1.82 bits per heavy atom. The number of amides is 2. The lowest BCUT2D eigenvalue weighted by Crippen LogP contribution is -2.33. The molecular weight excluding hydrogens is 280 g/mol. The van der Waals surface area contributed by atoms with E-state index < -0.39 is 0 Å². The minimum atomic E-state index is -0.272. The summed E-state index contributed by atoms with van der Waals surface area (Å²) in [5.41, 5.74) is 1.61. The molecule has 1 aliphatic rings. The molecular formula is C17H14N2O3. The molecule has 0 bridgehead atoms. The Morgan fingerprint density at radius 1 is 1.14 bits per heavy atom. The van der Waals surface area contributed by atoms with Gasteiger partial charge in [0.15, 0.2) is 0 Å². The molecule has 0 saturated carbocycles. The first-order chi connectivity index (χ1) is 10.7. The number of fused-ring (bicyclic) bond motifs is 1. The molecule has 2 heterocycles. The smallest absolute Gasteiger partial charge is 0.261 e. The van der Waals surface area contributed by atoms with Crippen LogP contribution in [0.4, 0.5) is 0 Å². The van der Waals surface area contributed by atoms with Crippen LogP contribution in [-0.4, -0.2) is 34.8 Å². The van der Waals surface area contributed by atoms with Crippen molar-refractivity contribution in [3.05, 3.63) is 66.0 Å². The second-order valence-corrected chi connectivity index (χ2v) is 4.78. The number of carbonyl (C=O) groups excluding carboxylic acids is 2. The first-order valence-electron chi connectivity index (χ1n) is 6.87. The van der Waals surface area contributed by atoms with Gasteiger partial charge < -0.3 is 4.74 Å². The Labute approximate surface area is 127 Å². The highest BCUT2D eigenvalue weighted by Gasteiger charge is 2.34. The van der Waals surface area contributed by atoms with Crippen LogP contribution >= 0.6 is 0 Å². The molecule has 1 aliphatic heterocycles. The number of imide groups is 1. The molecule has 2 aromatic rings. The van der Waals surface area contributed by atoms with Crippen LogP contribution in [0, 0.1) is 0 Å². The van der Waals surface area contributed by atoms with Gasteiger partial charge in [-0.25, -0.2) is 0 Å². The standard InChI is InChI=1S/C17H14N2O3/c1-2-12-11-13(7-8-18-12)22-10-9-19-16(20)14-5-3-4-6-15(14)17(19)21/h2-8,11H,1,9-10H2. The lowest BCUT2D eigenvalue weighted by atomic mass is 10.1. The van der Waals surface area contributed by atoms with Gasteiger partial charge in [-0.3, -0.25) is 19.5 Å². The monoisotopic (exact) mass is 294 g/mol. The van der Waals surface area contributed by atoms with E-state index in [2.05, 4.69) is 11.6 Å². The summed E-state index contributed by atoms with van der Waals surface area (Å²) in [4.78, 5) is 29.6. The Kier molecular flexibility index (Phi) is 3.70. The van der Waals surface area contributed by atoms with Crippen molar-refractivity contribution in [3.8, 4) is 5.75 Å². The van der Waals surface area contributed by atoms with Crippen LogP contribution in [-0.2, 0) is 0 Å². The van der Waals surface area contributed by atoms with Crippen LogP contribution in [0.2, 0.25) is 0 Å². The molecule has 0 radical (unpaired) electrons. The van der Waals surface area contributed by atoms with Crippen molar-refractivity contribution >= 4 is 17.9 Å². The summed E-state index contributed by atoms with van der Waals surface area (Å²) in [7, 11) is 0. The van der Waals surface area contributed by atoms with Crippen molar-refractivity contribution in [3.63, 3.8) is 0 Å². The van der Waals surface area contributed by atoms with E-state index in [0.717, 1.165) is 0 Å². The van der Waals surface area contributed by atoms with E-state index in [1.165, 1.54) is 4.90 Å². The van der Waals surface area contributed by atoms with E-state index in [1.807, 2.05) is 0 Å². The molecule has 5 nitrogen and oxygen atoms in total. The Balaban J connectivity index is 1.64. The van der Waals surface area contributed by atoms with E-state index in [4.69, 9.17) is 4.74 Å². The summed E-state index contributed by atoms with van der Waals surface area (Å²) in [6, 6.07) is 10.3. The van der Waals surface area contributed by atoms with Crippen molar-refractivity contribution in [2.75, 3.05) is 13.2 Å². The number of rotatable bonds is 5. The van der Waals surface area contributed by atoms with Crippen molar-refractivity contribution in [1.29, 1.82) is 0 Å². The number of carbonyl (C=O) groups is 2. The van der Waals surface area contributed by atoms with Crippen molar-refractivity contribution in [1.82, 2.24) is 9.88 Å². The lowest BCUT2D eigenvalue weighted by molar-refractivity contribution is 0.0631. The first kappa shape index (κ1) is 14.0. The van der Waals surface area contributed by atoms with E-state index in [1.54, 1.807) is 48.7 Å². The maximum Gasteiger partial charge on any atom is 0.261 e. The van der Waals surface area contributed by atoms with Gasteiger partial charge in [0.2, 0.25) is 0 Å². The normalized spacial score (nSPS) is 13.2. The topological polar surface area (TPSA) is 59.5 Å². The zero-order valence-corrected chi connectivity index (χ0v) is 11.9. The van der Waals surface area contributed by atoms with Crippen LogP contribution in [0.25, 0.3) is 6.08 Å². The van der Waals surface area contributed by atoms with Crippen LogP contribution in [0.3, 0.4) is 0 Å². The van der Waals surface area contributed by atoms with Gasteiger partial charge in [0.25, 0.3) is 11.8 Å². The van der Waals surface area contributed by atoms with Gasteiger partial charge in [-0.2, -0.15) is 0 Å². The molecule has 2 amide bonds. The van der Waals surface area contributed by atoms with E-state index >= 15 is 0 Å². The Hall–Kier alpha value is -2.95. The first-order valence-corrected chi connectivity index (χ1v) is 6.87. The third-order valence-corrected chi connectivity index (χ3v) is 3.42. The average molecular weight is 294 g/mol. The number of hydrogen-bond donors (Lipinski definition) is 0. The summed E-state index contributed by atoms with van der Waals surface area (Å²) >= 11 is 0. The summed E-state index contributed by atoms with van der Waals surface area (Å²) in [5.74, 6) is 0.0814. The maximum absolute atomic E-state index is 12.2. The van der Waals surface area contributed by atoms with Gasteiger partial charge in [-0.15, -0.1) is 0 Å². The Bertz CT molecular complexity index is 720. The van der Waals surface area contributed by atoms with Gasteiger partial charge in [0.05, 0.1) is 23.4 Å². The molecule has 1 aromatic carbocycles. The zero-order chi connectivity index (χ0) is 15.5. The second-order valence-electron chi connectivity index (χ2n) is 4.78. The lowest BCUT2D eigenvalue weighted by Gasteiger charge is -2.14. The predicted octanol–water partition coefficient (Wildman–Crippen LogP) is 2.40. The third-order valence-electron chi connectivity index (χ3n) is 3.42. The molecule has 1 aromatic heterocycles. The van der Waals surface area contributed by atoms with Crippen LogP contribution in [0.5, 0.6) is 5.75 Å². The number of pyridine rings is 1. The molecule has 0 fully saturated rings. The minimum absolute atomic E-state index is 0.206. The number of hydrogen-bond acceptors (Lipinski definition) is 4. The summed E-state index contributed by atoms with van der Waals surface area (Å²) < 4.78 is 5.57. The molecule has 0 saturated heterocycles. The second kappa shape index (κ2) is 5.81. The molecule has 0 unspecified atom stereocenters. The molecule has 0 aliphatic carbocycles. The predicted molar refractivity (Wildman–Crippen MR) is 81.6 cm³/mol. The van der Waals surface area contributed by atoms with Gasteiger partial charge >= 0.3 is 0 Å². The molecule has 3 rings (SSSR count). The van der Waals surface area contributed by atoms with Gasteiger partial charge in [0.1, 0.15) is 12.4 Å². The number of benzene rings is 1. The fourth-order valence-corrected chi connectivity index (χ4v) is 2.33. The fourth-order valence-electron chi connectivity index (χ4n) is 2.33. The number of ether oxygens (including phenoxy) is 1. The van der Waals surface area contributed by atoms with Gasteiger partial charge in [0, 0.05) is 12.3 Å². The fraction of sp³-hybridized carbons (Fsp3) is 0.118. The van der Waals surface area contributed by atoms with E-state index in [9.17, 15) is 9.59 Å². The number of nitrogens with zero attached hydrogens (tertiary/aromatic N) is 2. The Morgan fingerprint density at radius 3 is 2.45 bits per heavy atom. The van der Waals surface area contributed by atoms with Crippen molar-refractivity contribution < 1.29 is 14.3 Å². The van der Waals surface area contributed by atoms with Crippen LogP contribution < -0.4 is 4.74 Å². The quantitative estimate of drug-likeness (QED) is 0.795. The summed E-state index contributed by atoms with van der Waals surface area (Å²) in [6.45, 7) is 4.08. The largest absolute Gasteiger partial charge is 0.492 e. The highest BCUT2D eigenvalue weighted by atomic mass is 16.5. The molecule has 0 atom stereocenters. The molecule has 0 N–H and O–H groups in total. The highest BCUT2D eigenvalue weighted by Crippen LogP contribution is 2.22. The molecule has 0 spiro atoms. The van der Waals surface area contributed by atoms with Crippen LogP contribution in [0.15, 0.2) is 49.2 Å². The van der Waals surface area contributed by atoms with Crippen LogP contribution in [0.1, 0.15) is 26.4 Å². The SMILES string of the molecule is C=Cc1cc(OCCN2C(=O)c3ccccc3C2=O)ccn1. The zero-order valence-electron chi connectivity index (χ0n) is 11.9. The molecule has 110 valence electrons. The average Bonchev–Trinajstić information content (AvgIpc) is 2.80. The highest BCUT2D eigenvalue weighted by molar-refractivity contribution is 6.21. The summed E-state index contributed by atoms with van der Waals surface area (Å²) in [5, 5.41) is 0. The minimum Gasteiger partial charge on any atom is -0.492 e. The maximum atomic E-state index is 12.2. The van der Waals surface area contributed by atoms with E-state index in [0.29, 0.717) is 22.6 Å². The van der Waals surface area contributed by atoms with Crippen molar-refractivity contribution in [2.24, 2.45) is 0 Å². The van der Waals surface area contributed by atoms with E-state index in [-0.39, 0.29) is 25.0 Å². The summed E-state index contributed by atoms with van der Waals surface area (Å²) in [6.07, 6.45) is 3.24. The number of aromatic nitrogens is 1. The van der Waals surface area contributed by atoms with Crippen molar-refractivity contribution in [2.45, 2.75) is 0 Å². The third kappa shape index (κ3) is 2.48. The van der Waals surface area contributed by atoms with Gasteiger partial charge in [-0.05, 0) is 24.3 Å². The van der Waals surface area contributed by atoms with Gasteiger partial charge in [-0.1, -0.05) is 18.7 Å². The molecule has 5 heteroatoms.